The third kappa shape index (κ3) is 2.67. The van der Waals surface area contributed by atoms with E-state index in [1.807, 2.05) is 11.9 Å². The van der Waals surface area contributed by atoms with Crippen molar-refractivity contribution in [3.05, 3.63) is 0 Å². The average Bonchev–Trinajstić information content (AvgIpc) is 2.32. The predicted molar refractivity (Wildman–Crippen MR) is 76.5 cm³/mol. The second-order valence-electron chi connectivity index (χ2n) is 7.21. The Hall–Kier alpha value is -0.570. The van der Waals surface area contributed by atoms with E-state index in [0.29, 0.717) is 23.8 Å². The molecule has 108 valence electrons. The molecule has 0 aromatic heterocycles. The first-order valence-corrected chi connectivity index (χ1v) is 8.15. The number of amides is 1. The van der Waals surface area contributed by atoms with Crippen LogP contribution >= 0.6 is 0 Å². The Morgan fingerprint density at radius 2 is 1.68 bits per heavy atom. The molecule has 3 fully saturated rings. The van der Waals surface area contributed by atoms with Crippen LogP contribution in [0.2, 0.25) is 0 Å². The molecule has 3 heteroatoms. The van der Waals surface area contributed by atoms with E-state index in [0.717, 1.165) is 25.3 Å². The lowest BCUT2D eigenvalue weighted by Gasteiger charge is -2.44. The van der Waals surface area contributed by atoms with Gasteiger partial charge in [-0.05, 0) is 56.3 Å². The molecule has 19 heavy (non-hydrogen) atoms. The van der Waals surface area contributed by atoms with Crippen LogP contribution in [0.3, 0.4) is 0 Å². The third-order valence-electron chi connectivity index (χ3n) is 5.90. The lowest BCUT2D eigenvalue weighted by molar-refractivity contribution is -0.138. The SMILES string of the molecule is CN(CC1CCC1)C(=O)C1CC2CCCC(C1)C2N. The molecule has 0 aliphatic heterocycles. The summed E-state index contributed by atoms with van der Waals surface area (Å²) in [7, 11) is 2.00. The number of carbonyl (C=O) groups excluding carboxylic acids is 1. The van der Waals surface area contributed by atoms with Crippen molar-refractivity contribution in [2.24, 2.45) is 29.4 Å². The van der Waals surface area contributed by atoms with E-state index >= 15 is 0 Å². The van der Waals surface area contributed by atoms with Crippen molar-refractivity contribution in [3.8, 4) is 0 Å². The zero-order chi connectivity index (χ0) is 13.4. The van der Waals surface area contributed by atoms with E-state index in [9.17, 15) is 4.79 Å². The van der Waals surface area contributed by atoms with E-state index in [-0.39, 0.29) is 5.92 Å². The normalized spacial score (nSPS) is 38.6. The lowest BCUT2D eigenvalue weighted by Crippen LogP contribution is -2.49. The van der Waals surface area contributed by atoms with Crippen LogP contribution in [0.1, 0.15) is 51.4 Å². The Morgan fingerprint density at radius 1 is 1.11 bits per heavy atom. The van der Waals surface area contributed by atoms with Gasteiger partial charge in [-0.3, -0.25) is 4.79 Å². The molecule has 3 aliphatic carbocycles. The fourth-order valence-corrected chi connectivity index (χ4v) is 4.46. The smallest absolute Gasteiger partial charge is 0.225 e. The largest absolute Gasteiger partial charge is 0.345 e. The van der Waals surface area contributed by atoms with Gasteiger partial charge in [0.05, 0.1) is 0 Å². The summed E-state index contributed by atoms with van der Waals surface area (Å²) in [5.41, 5.74) is 6.31. The quantitative estimate of drug-likeness (QED) is 0.851. The summed E-state index contributed by atoms with van der Waals surface area (Å²) >= 11 is 0. The fourth-order valence-electron chi connectivity index (χ4n) is 4.46. The first kappa shape index (κ1) is 13.4. The van der Waals surface area contributed by atoms with Gasteiger partial charge in [-0.2, -0.15) is 0 Å². The molecule has 0 heterocycles. The molecule has 3 saturated carbocycles. The topological polar surface area (TPSA) is 46.3 Å². The molecule has 2 atom stereocenters. The third-order valence-corrected chi connectivity index (χ3v) is 5.90. The number of nitrogens with zero attached hydrogens (tertiary/aromatic N) is 1. The Kier molecular flexibility index (Phi) is 3.84. The van der Waals surface area contributed by atoms with Gasteiger partial charge in [0.1, 0.15) is 0 Å². The first-order chi connectivity index (χ1) is 9.15. The molecule has 2 unspecified atom stereocenters. The van der Waals surface area contributed by atoms with E-state index < -0.39 is 0 Å². The predicted octanol–water partition coefficient (Wildman–Crippen LogP) is 2.40. The number of hydrogen-bond acceptors (Lipinski definition) is 2. The molecule has 0 aromatic carbocycles. The molecule has 1 amide bonds. The molecule has 2 N–H and O–H groups in total. The highest BCUT2D eigenvalue weighted by molar-refractivity contribution is 5.78. The standard InChI is InChI=1S/C16H28N2O/c1-18(10-11-4-2-5-11)16(19)14-8-12-6-3-7-13(9-14)15(12)17/h11-15H,2-10,17H2,1H3. The van der Waals surface area contributed by atoms with Gasteiger partial charge in [0.25, 0.3) is 0 Å². The van der Waals surface area contributed by atoms with Crippen molar-refractivity contribution >= 4 is 5.91 Å². The zero-order valence-corrected chi connectivity index (χ0v) is 12.2. The van der Waals surface area contributed by atoms with Crippen LogP contribution in [0.5, 0.6) is 0 Å². The summed E-state index contributed by atoms with van der Waals surface area (Å²) < 4.78 is 0. The summed E-state index contributed by atoms with van der Waals surface area (Å²) in [6, 6.07) is 0.370. The molecular formula is C16H28N2O. The second kappa shape index (κ2) is 5.43. The van der Waals surface area contributed by atoms with Crippen LogP contribution in [0.4, 0.5) is 0 Å². The van der Waals surface area contributed by atoms with Crippen LogP contribution in [-0.2, 0) is 4.79 Å². The van der Waals surface area contributed by atoms with E-state index in [1.165, 1.54) is 38.5 Å². The molecule has 0 aromatic rings. The molecule has 0 spiro atoms. The number of nitrogens with two attached hydrogens (primary N) is 1. The Labute approximate surface area is 116 Å². The molecule has 3 nitrogen and oxygen atoms in total. The van der Waals surface area contributed by atoms with Crippen LogP contribution in [0.15, 0.2) is 0 Å². The van der Waals surface area contributed by atoms with E-state index in [4.69, 9.17) is 5.73 Å². The number of carbonyl (C=O) groups is 1. The molecule has 2 bridgehead atoms. The van der Waals surface area contributed by atoms with Gasteiger partial charge in [-0.1, -0.05) is 12.8 Å². The highest BCUT2D eigenvalue weighted by atomic mass is 16.2. The van der Waals surface area contributed by atoms with Gasteiger partial charge in [0, 0.05) is 25.6 Å². The maximum absolute atomic E-state index is 12.6. The highest BCUT2D eigenvalue weighted by Gasteiger charge is 2.41. The minimum absolute atomic E-state index is 0.264. The van der Waals surface area contributed by atoms with Gasteiger partial charge in [-0.25, -0.2) is 0 Å². The van der Waals surface area contributed by atoms with Crippen molar-refractivity contribution in [2.45, 2.75) is 57.4 Å². The molecular weight excluding hydrogens is 236 g/mol. The second-order valence-corrected chi connectivity index (χ2v) is 7.21. The Balaban J connectivity index is 1.57. The monoisotopic (exact) mass is 264 g/mol. The average molecular weight is 264 g/mol. The number of rotatable bonds is 3. The maximum atomic E-state index is 12.6. The van der Waals surface area contributed by atoms with Gasteiger partial charge in [0.2, 0.25) is 5.91 Å². The van der Waals surface area contributed by atoms with Crippen molar-refractivity contribution in [1.82, 2.24) is 4.90 Å². The summed E-state index contributed by atoms with van der Waals surface area (Å²) in [6.07, 6.45) is 9.90. The highest BCUT2D eigenvalue weighted by Crippen LogP contribution is 2.42. The first-order valence-electron chi connectivity index (χ1n) is 8.15. The summed E-state index contributed by atoms with van der Waals surface area (Å²) in [5, 5.41) is 0. The van der Waals surface area contributed by atoms with Crippen molar-refractivity contribution in [2.75, 3.05) is 13.6 Å². The zero-order valence-electron chi connectivity index (χ0n) is 12.2. The van der Waals surface area contributed by atoms with Gasteiger partial charge in [0.15, 0.2) is 0 Å². The van der Waals surface area contributed by atoms with E-state index in [2.05, 4.69) is 0 Å². The Morgan fingerprint density at radius 3 is 2.21 bits per heavy atom. The fraction of sp³-hybridized carbons (Fsp3) is 0.938. The molecule has 0 saturated heterocycles. The lowest BCUT2D eigenvalue weighted by atomic mass is 9.65. The minimum Gasteiger partial charge on any atom is -0.345 e. The molecule has 0 radical (unpaired) electrons. The van der Waals surface area contributed by atoms with Gasteiger partial charge in [-0.15, -0.1) is 0 Å². The molecule has 3 aliphatic rings. The minimum atomic E-state index is 0.264. The van der Waals surface area contributed by atoms with Crippen molar-refractivity contribution in [1.29, 1.82) is 0 Å². The van der Waals surface area contributed by atoms with Crippen LogP contribution in [0, 0.1) is 23.7 Å². The van der Waals surface area contributed by atoms with Gasteiger partial charge < -0.3 is 10.6 Å². The van der Waals surface area contributed by atoms with Crippen LogP contribution < -0.4 is 5.73 Å². The van der Waals surface area contributed by atoms with Crippen LogP contribution in [0.25, 0.3) is 0 Å². The Bertz CT molecular complexity index is 326. The van der Waals surface area contributed by atoms with E-state index in [1.54, 1.807) is 0 Å². The van der Waals surface area contributed by atoms with Crippen molar-refractivity contribution in [3.63, 3.8) is 0 Å². The van der Waals surface area contributed by atoms with Gasteiger partial charge >= 0.3 is 0 Å². The maximum Gasteiger partial charge on any atom is 0.225 e. The summed E-state index contributed by atoms with van der Waals surface area (Å²) in [5.74, 6) is 2.66. The molecule has 3 rings (SSSR count). The van der Waals surface area contributed by atoms with Crippen molar-refractivity contribution < 1.29 is 4.79 Å². The number of hydrogen-bond donors (Lipinski definition) is 1. The number of fused-ring (bicyclic) bond motifs is 2. The summed E-state index contributed by atoms with van der Waals surface area (Å²) in [6.45, 7) is 0.983. The van der Waals surface area contributed by atoms with Crippen LogP contribution in [-0.4, -0.2) is 30.4 Å². The summed E-state index contributed by atoms with van der Waals surface area (Å²) in [4.78, 5) is 14.6.